The van der Waals surface area contributed by atoms with Gasteiger partial charge in [0.05, 0.1) is 25.3 Å². The number of ether oxygens (including phenoxy) is 2. The molecule has 0 saturated carbocycles. The summed E-state index contributed by atoms with van der Waals surface area (Å²) in [5, 5.41) is 0. The molecule has 1 aromatic carbocycles. The summed E-state index contributed by atoms with van der Waals surface area (Å²) in [6, 6.07) is 3.33. The minimum atomic E-state index is -0.376. The van der Waals surface area contributed by atoms with Gasteiger partial charge < -0.3 is 30.0 Å². The van der Waals surface area contributed by atoms with Gasteiger partial charge in [0, 0.05) is 38.3 Å². The van der Waals surface area contributed by atoms with Crippen LogP contribution >= 0.6 is 12.4 Å². The van der Waals surface area contributed by atoms with Crippen LogP contribution in [0.5, 0.6) is 11.5 Å². The number of imidazole rings is 1. The van der Waals surface area contributed by atoms with Crippen molar-refractivity contribution in [1.29, 1.82) is 0 Å². The Bertz CT molecular complexity index is 656. The molecule has 1 aliphatic heterocycles. The average Bonchev–Trinajstić information content (AvgIpc) is 2.96. The molecule has 3 N–H and O–H groups in total. The summed E-state index contributed by atoms with van der Waals surface area (Å²) >= 11 is 0. The van der Waals surface area contributed by atoms with Crippen LogP contribution < -0.4 is 20.1 Å². The van der Waals surface area contributed by atoms with E-state index in [2.05, 4.69) is 14.9 Å². The molecular formula is C14H20ClN5O3. The van der Waals surface area contributed by atoms with Gasteiger partial charge in [0.15, 0.2) is 11.5 Å². The van der Waals surface area contributed by atoms with Crippen molar-refractivity contribution in [2.24, 2.45) is 5.73 Å². The minimum Gasteiger partial charge on any atom is -0.493 e. The van der Waals surface area contributed by atoms with Gasteiger partial charge in [-0.1, -0.05) is 0 Å². The van der Waals surface area contributed by atoms with Crippen molar-refractivity contribution in [2.75, 3.05) is 45.3 Å². The number of H-pyrrole nitrogens is 1. The first-order valence-electron chi connectivity index (χ1n) is 7.03. The van der Waals surface area contributed by atoms with Crippen LogP contribution in [0.15, 0.2) is 12.1 Å². The zero-order valence-electron chi connectivity index (χ0n) is 13.0. The number of benzene rings is 1. The van der Waals surface area contributed by atoms with Crippen LogP contribution in [0.2, 0.25) is 0 Å². The number of anilines is 1. The van der Waals surface area contributed by atoms with Crippen LogP contribution in [0.3, 0.4) is 0 Å². The quantitative estimate of drug-likeness (QED) is 0.874. The number of amides is 2. The summed E-state index contributed by atoms with van der Waals surface area (Å²) in [6.45, 7) is 2.58. The van der Waals surface area contributed by atoms with Crippen LogP contribution in [0.25, 0.3) is 11.0 Å². The largest absolute Gasteiger partial charge is 0.493 e. The molecule has 0 unspecified atom stereocenters. The van der Waals surface area contributed by atoms with Gasteiger partial charge in [-0.05, 0) is 0 Å². The van der Waals surface area contributed by atoms with E-state index in [-0.39, 0.29) is 18.4 Å². The van der Waals surface area contributed by atoms with E-state index in [4.69, 9.17) is 15.2 Å². The Labute approximate surface area is 139 Å². The first-order chi connectivity index (χ1) is 10.6. The minimum absolute atomic E-state index is 0. The van der Waals surface area contributed by atoms with Crippen LogP contribution in [0, 0.1) is 0 Å². The topological polar surface area (TPSA) is 96.7 Å². The zero-order chi connectivity index (χ0) is 15.7. The highest BCUT2D eigenvalue weighted by Gasteiger charge is 2.21. The molecule has 0 spiro atoms. The number of aromatic nitrogens is 2. The summed E-state index contributed by atoms with van der Waals surface area (Å²) < 4.78 is 10.6. The fourth-order valence-corrected chi connectivity index (χ4v) is 2.61. The number of halogens is 1. The molecule has 126 valence electrons. The summed E-state index contributed by atoms with van der Waals surface area (Å²) in [4.78, 5) is 22.8. The highest BCUT2D eigenvalue weighted by atomic mass is 35.5. The lowest BCUT2D eigenvalue weighted by molar-refractivity contribution is 0.204. The van der Waals surface area contributed by atoms with Gasteiger partial charge >= 0.3 is 6.03 Å². The molecule has 0 bridgehead atoms. The molecule has 2 amide bonds. The normalized spacial score (nSPS) is 14.5. The van der Waals surface area contributed by atoms with E-state index in [0.717, 1.165) is 17.0 Å². The average molecular weight is 342 g/mol. The van der Waals surface area contributed by atoms with Gasteiger partial charge in [-0.25, -0.2) is 9.78 Å². The Kier molecular flexibility index (Phi) is 5.05. The lowest BCUT2D eigenvalue weighted by Gasteiger charge is -2.33. The maximum Gasteiger partial charge on any atom is 0.314 e. The lowest BCUT2D eigenvalue weighted by atomic mass is 10.3. The smallest absolute Gasteiger partial charge is 0.314 e. The number of nitrogens with zero attached hydrogens (tertiary/aromatic N) is 3. The van der Waals surface area contributed by atoms with Gasteiger partial charge in [0.1, 0.15) is 0 Å². The standard InChI is InChI=1S/C14H19N5O3.ClH/c1-21-11-7-9-10(8-12(11)22-2)17-14(16-9)19-5-3-18(4-6-19)13(15)20;/h7-8H,3-6H2,1-2H3,(H2,15,20)(H,16,17);1H. The number of urea groups is 1. The Morgan fingerprint density at radius 2 is 1.78 bits per heavy atom. The molecule has 0 atom stereocenters. The number of hydrogen-bond donors (Lipinski definition) is 2. The van der Waals surface area contributed by atoms with Gasteiger partial charge in [-0.2, -0.15) is 0 Å². The summed E-state index contributed by atoms with van der Waals surface area (Å²) in [5.74, 6) is 2.07. The van der Waals surface area contributed by atoms with Crippen molar-refractivity contribution in [1.82, 2.24) is 14.9 Å². The number of piperazine rings is 1. The third-order valence-electron chi connectivity index (χ3n) is 3.87. The highest BCUT2D eigenvalue weighted by molar-refractivity contribution is 5.85. The number of fused-ring (bicyclic) bond motifs is 1. The molecule has 1 aliphatic rings. The molecule has 0 radical (unpaired) electrons. The van der Waals surface area contributed by atoms with Gasteiger partial charge in [-0.3, -0.25) is 0 Å². The Balaban J connectivity index is 0.00000192. The van der Waals surface area contributed by atoms with Crippen LogP contribution in [0.1, 0.15) is 0 Å². The Morgan fingerprint density at radius 3 is 2.35 bits per heavy atom. The predicted octanol–water partition coefficient (Wildman–Crippen LogP) is 1.20. The molecular weight excluding hydrogens is 322 g/mol. The third kappa shape index (κ3) is 3.21. The number of nitrogens with two attached hydrogens (primary N) is 1. The van der Waals surface area contributed by atoms with Crippen LogP contribution in [-0.4, -0.2) is 61.3 Å². The first kappa shape index (κ1) is 17.0. The second-order valence-electron chi connectivity index (χ2n) is 5.10. The second kappa shape index (κ2) is 6.82. The van der Waals surface area contributed by atoms with E-state index in [1.54, 1.807) is 19.1 Å². The maximum absolute atomic E-state index is 11.2. The highest BCUT2D eigenvalue weighted by Crippen LogP contribution is 2.32. The number of methoxy groups -OCH3 is 2. The summed E-state index contributed by atoms with van der Waals surface area (Å²) in [6.07, 6.45) is 0. The van der Waals surface area contributed by atoms with Crippen molar-refractivity contribution in [3.8, 4) is 11.5 Å². The molecule has 9 heteroatoms. The molecule has 1 saturated heterocycles. The molecule has 3 rings (SSSR count). The van der Waals surface area contributed by atoms with E-state index in [1.807, 2.05) is 12.1 Å². The molecule has 2 heterocycles. The van der Waals surface area contributed by atoms with E-state index >= 15 is 0 Å². The molecule has 1 aromatic heterocycles. The second-order valence-corrected chi connectivity index (χ2v) is 5.10. The van der Waals surface area contributed by atoms with E-state index in [1.165, 1.54) is 0 Å². The van der Waals surface area contributed by atoms with Crippen molar-refractivity contribution in [3.63, 3.8) is 0 Å². The van der Waals surface area contributed by atoms with Crippen molar-refractivity contribution in [2.45, 2.75) is 0 Å². The fraction of sp³-hybridized carbons (Fsp3) is 0.429. The molecule has 23 heavy (non-hydrogen) atoms. The van der Waals surface area contributed by atoms with Gasteiger partial charge in [-0.15, -0.1) is 12.4 Å². The number of primary amides is 1. The SMILES string of the molecule is COc1cc2nc(N3CCN(C(N)=O)CC3)[nH]c2cc1OC.Cl. The first-order valence-corrected chi connectivity index (χ1v) is 7.03. The van der Waals surface area contributed by atoms with Crippen molar-refractivity contribution in [3.05, 3.63) is 12.1 Å². The third-order valence-corrected chi connectivity index (χ3v) is 3.87. The Morgan fingerprint density at radius 1 is 1.17 bits per heavy atom. The lowest BCUT2D eigenvalue weighted by Crippen LogP contribution is -2.50. The molecule has 2 aromatic rings. The molecule has 0 aliphatic carbocycles. The predicted molar refractivity (Wildman–Crippen MR) is 89.8 cm³/mol. The number of carbonyl (C=O) groups excluding carboxylic acids is 1. The number of aromatic amines is 1. The zero-order valence-corrected chi connectivity index (χ0v) is 13.9. The van der Waals surface area contributed by atoms with E-state index in [9.17, 15) is 4.79 Å². The monoisotopic (exact) mass is 341 g/mol. The van der Waals surface area contributed by atoms with Gasteiger partial charge in [0.25, 0.3) is 0 Å². The Hall–Kier alpha value is -2.35. The van der Waals surface area contributed by atoms with Crippen LogP contribution in [-0.2, 0) is 0 Å². The molecule has 1 fully saturated rings. The van der Waals surface area contributed by atoms with E-state index in [0.29, 0.717) is 37.7 Å². The number of nitrogens with one attached hydrogen (secondary N) is 1. The summed E-state index contributed by atoms with van der Waals surface area (Å²) in [7, 11) is 3.20. The number of hydrogen-bond acceptors (Lipinski definition) is 5. The fourth-order valence-electron chi connectivity index (χ4n) is 2.61. The van der Waals surface area contributed by atoms with E-state index < -0.39 is 0 Å². The number of carbonyl (C=O) groups is 1. The molecule has 8 nitrogen and oxygen atoms in total. The van der Waals surface area contributed by atoms with Gasteiger partial charge in [0.2, 0.25) is 5.95 Å². The van der Waals surface area contributed by atoms with Crippen molar-refractivity contribution >= 4 is 35.4 Å². The number of rotatable bonds is 3. The maximum atomic E-state index is 11.2. The van der Waals surface area contributed by atoms with Crippen molar-refractivity contribution < 1.29 is 14.3 Å². The van der Waals surface area contributed by atoms with Crippen LogP contribution in [0.4, 0.5) is 10.7 Å². The summed E-state index contributed by atoms with van der Waals surface area (Å²) in [5.41, 5.74) is 6.98.